The zero-order valence-electron chi connectivity index (χ0n) is 14.2. The first-order valence-corrected chi connectivity index (χ1v) is 8.44. The molecular formula is C21H18N4O. The topological polar surface area (TPSA) is 59.9 Å². The molecule has 0 saturated heterocycles. The predicted molar refractivity (Wildman–Crippen MR) is 102 cm³/mol. The fourth-order valence-corrected chi connectivity index (χ4v) is 2.68. The van der Waals surface area contributed by atoms with E-state index in [4.69, 9.17) is 4.74 Å². The zero-order chi connectivity index (χ0) is 17.6. The van der Waals surface area contributed by atoms with Crippen LogP contribution in [0.4, 0.5) is 5.82 Å². The highest BCUT2D eigenvalue weighted by Gasteiger charge is 2.03. The van der Waals surface area contributed by atoms with Gasteiger partial charge in [0, 0.05) is 18.1 Å². The van der Waals surface area contributed by atoms with E-state index in [1.165, 1.54) is 0 Å². The summed E-state index contributed by atoms with van der Waals surface area (Å²) in [6, 6.07) is 21.8. The lowest BCUT2D eigenvalue weighted by atomic mass is 10.2. The summed E-state index contributed by atoms with van der Waals surface area (Å²) in [5.41, 5.74) is 3.00. The van der Waals surface area contributed by atoms with E-state index in [-0.39, 0.29) is 0 Å². The van der Waals surface area contributed by atoms with Crippen molar-refractivity contribution in [3.05, 3.63) is 90.5 Å². The fraction of sp³-hybridized carbons (Fsp3) is 0.0952. The van der Waals surface area contributed by atoms with Crippen LogP contribution in [-0.4, -0.2) is 15.0 Å². The van der Waals surface area contributed by atoms with Crippen LogP contribution >= 0.6 is 0 Å². The van der Waals surface area contributed by atoms with Crippen molar-refractivity contribution >= 4 is 16.7 Å². The number of hydrogen-bond acceptors (Lipinski definition) is 5. The van der Waals surface area contributed by atoms with E-state index in [9.17, 15) is 0 Å². The molecule has 5 nitrogen and oxygen atoms in total. The molecule has 2 aromatic heterocycles. The van der Waals surface area contributed by atoms with Crippen molar-refractivity contribution in [1.82, 2.24) is 15.0 Å². The Bertz CT molecular complexity index is 982. The molecule has 1 N–H and O–H groups in total. The minimum Gasteiger partial charge on any atom is -0.487 e. The number of nitrogens with one attached hydrogen (secondary N) is 1. The van der Waals surface area contributed by atoms with Crippen molar-refractivity contribution in [2.75, 3.05) is 5.32 Å². The van der Waals surface area contributed by atoms with Gasteiger partial charge in [0.25, 0.3) is 0 Å². The molecule has 0 radical (unpaired) electrons. The van der Waals surface area contributed by atoms with Crippen LogP contribution in [0.2, 0.25) is 0 Å². The Morgan fingerprint density at radius 2 is 1.65 bits per heavy atom. The third-order valence-electron chi connectivity index (χ3n) is 4.04. The molecule has 0 amide bonds. The van der Waals surface area contributed by atoms with E-state index in [2.05, 4.69) is 20.3 Å². The van der Waals surface area contributed by atoms with Crippen LogP contribution in [0.1, 0.15) is 11.3 Å². The van der Waals surface area contributed by atoms with Crippen molar-refractivity contribution in [3.8, 4) is 5.75 Å². The molecule has 2 aromatic carbocycles. The van der Waals surface area contributed by atoms with Gasteiger partial charge in [0.1, 0.15) is 24.5 Å². The largest absolute Gasteiger partial charge is 0.487 e. The summed E-state index contributed by atoms with van der Waals surface area (Å²) in [6.45, 7) is 1.15. The van der Waals surface area contributed by atoms with Crippen LogP contribution in [0.3, 0.4) is 0 Å². The van der Waals surface area contributed by atoms with Gasteiger partial charge in [-0.05, 0) is 42.0 Å². The summed E-state index contributed by atoms with van der Waals surface area (Å²) < 4.78 is 5.76. The van der Waals surface area contributed by atoms with Crippen molar-refractivity contribution in [2.24, 2.45) is 0 Å². The Morgan fingerprint density at radius 3 is 2.50 bits per heavy atom. The molecule has 4 rings (SSSR count). The smallest absolute Gasteiger partial charge is 0.137 e. The van der Waals surface area contributed by atoms with Crippen LogP contribution in [0.5, 0.6) is 5.75 Å². The first-order valence-electron chi connectivity index (χ1n) is 8.44. The Labute approximate surface area is 151 Å². The van der Waals surface area contributed by atoms with Crippen molar-refractivity contribution < 1.29 is 4.74 Å². The van der Waals surface area contributed by atoms with Gasteiger partial charge in [0.2, 0.25) is 0 Å². The molecule has 0 fully saturated rings. The van der Waals surface area contributed by atoms with Gasteiger partial charge in [-0.1, -0.05) is 30.3 Å². The van der Waals surface area contributed by atoms with E-state index in [1.807, 2.05) is 66.7 Å². The van der Waals surface area contributed by atoms with Crippen LogP contribution in [-0.2, 0) is 13.2 Å². The second kappa shape index (κ2) is 7.61. The van der Waals surface area contributed by atoms with Crippen LogP contribution in [0.15, 0.2) is 79.3 Å². The summed E-state index contributed by atoms with van der Waals surface area (Å²) in [5, 5.41) is 4.40. The summed E-state index contributed by atoms with van der Waals surface area (Å²) >= 11 is 0. The van der Waals surface area contributed by atoms with Crippen LogP contribution < -0.4 is 10.1 Å². The molecule has 5 heteroatoms. The normalized spacial score (nSPS) is 10.6. The number of pyridine rings is 1. The molecule has 0 atom stereocenters. The summed E-state index contributed by atoms with van der Waals surface area (Å²) in [4.78, 5) is 12.9. The first kappa shape index (κ1) is 16.0. The van der Waals surface area contributed by atoms with E-state index < -0.39 is 0 Å². The lowest BCUT2D eigenvalue weighted by Gasteiger charge is -2.09. The number of benzene rings is 2. The minimum atomic E-state index is 0.464. The van der Waals surface area contributed by atoms with E-state index >= 15 is 0 Å². The Kier molecular flexibility index (Phi) is 4.69. The van der Waals surface area contributed by atoms with Gasteiger partial charge >= 0.3 is 0 Å². The summed E-state index contributed by atoms with van der Waals surface area (Å²) in [6.07, 6.45) is 3.35. The SMILES string of the molecule is c1ccc(COc2ccc(CNc3ncnc4ccccc34)cc2)nc1. The van der Waals surface area contributed by atoms with Gasteiger partial charge in [-0.25, -0.2) is 9.97 Å². The molecule has 0 unspecified atom stereocenters. The maximum Gasteiger partial charge on any atom is 0.137 e. The van der Waals surface area contributed by atoms with Crippen molar-refractivity contribution in [2.45, 2.75) is 13.2 Å². The van der Waals surface area contributed by atoms with Gasteiger partial charge in [0.15, 0.2) is 0 Å². The Balaban J connectivity index is 1.38. The summed E-state index contributed by atoms with van der Waals surface area (Å²) in [7, 11) is 0. The third-order valence-corrected chi connectivity index (χ3v) is 4.04. The molecule has 4 aromatic rings. The molecule has 0 bridgehead atoms. The third kappa shape index (κ3) is 3.78. The number of fused-ring (bicyclic) bond motifs is 1. The van der Waals surface area contributed by atoms with E-state index in [0.29, 0.717) is 13.2 Å². The summed E-state index contributed by atoms with van der Waals surface area (Å²) in [5.74, 6) is 1.66. The second-order valence-electron chi connectivity index (χ2n) is 5.85. The molecule has 0 aliphatic rings. The van der Waals surface area contributed by atoms with Gasteiger partial charge in [-0.15, -0.1) is 0 Å². The monoisotopic (exact) mass is 342 g/mol. The number of anilines is 1. The number of ether oxygens (including phenoxy) is 1. The van der Waals surface area contributed by atoms with Gasteiger partial charge < -0.3 is 10.1 Å². The average Bonchev–Trinajstić information content (AvgIpc) is 2.72. The molecular weight excluding hydrogens is 324 g/mol. The molecule has 0 aliphatic heterocycles. The highest BCUT2D eigenvalue weighted by atomic mass is 16.5. The first-order chi connectivity index (χ1) is 12.9. The molecule has 0 aliphatic carbocycles. The van der Waals surface area contributed by atoms with E-state index in [1.54, 1.807) is 12.5 Å². The lowest BCUT2D eigenvalue weighted by molar-refractivity contribution is 0.301. The highest BCUT2D eigenvalue weighted by molar-refractivity contribution is 5.88. The Hall–Kier alpha value is -3.47. The molecule has 26 heavy (non-hydrogen) atoms. The van der Waals surface area contributed by atoms with Gasteiger partial charge in [-0.3, -0.25) is 4.98 Å². The number of hydrogen-bond donors (Lipinski definition) is 1. The number of para-hydroxylation sites is 1. The zero-order valence-corrected chi connectivity index (χ0v) is 14.2. The standard InChI is InChI=1S/C21H18N4O/c1-2-7-20-19(6-1)21(25-15-24-20)23-13-16-8-10-18(11-9-16)26-14-17-5-3-4-12-22-17/h1-12,15H,13-14H2,(H,23,24,25). The molecule has 0 saturated carbocycles. The maximum atomic E-state index is 5.76. The number of nitrogens with zero attached hydrogens (tertiary/aromatic N) is 3. The van der Waals surface area contributed by atoms with Crippen molar-refractivity contribution in [1.29, 1.82) is 0 Å². The second-order valence-corrected chi connectivity index (χ2v) is 5.85. The number of rotatable bonds is 6. The number of aromatic nitrogens is 3. The van der Waals surface area contributed by atoms with Crippen LogP contribution in [0.25, 0.3) is 10.9 Å². The predicted octanol–water partition coefficient (Wildman–Crippen LogP) is 4.22. The van der Waals surface area contributed by atoms with E-state index in [0.717, 1.165) is 33.7 Å². The lowest BCUT2D eigenvalue weighted by Crippen LogP contribution is -2.03. The minimum absolute atomic E-state index is 0.464. The average molecular weight is 342 g/mol. The molecule has 0 spiro atoms. The highest BCUT2D eigenvalue weighted by Crippen LogP contribution is 2.20. The van der Waals surface area contributed by atoms with Crippen LogP contribution in [0, 0.1) is 0 Å². The quantitative estimate of drug-likeness (QED) is 0.568. The van der Waals surface area contributed by atoms with Crippen molar-refractivity contribution in [3.63, 3.8) is 0 Å². The maximum absolute atomic E-state index is 5.76. The molecule has 128 valence electrons. The van der Waals surface area contributed by atoms with Gasteiger partial charge in [-0.2, -0.15) is 0 Å². The van der Waals surface area contributed by atoms with Gasteiger partial charge in [0.05, 0.1) is 11.2 Å². The Morgan fingerprint density at radius 1 is 0.808 bits per heavy atom. The fourth-order valence-electron chi connectivity index (χ4n) is 2.68. The molecule has 2 heterocycles.